The Morgan fingerprint density at radius 1 is 1.33 bits per heavy atom. The molecule has 0 saturated carbocycles. The van der Waals surface area contributed by atoms with Crippen LogP contribution >= 0.6 is 11.3 Å². The monoisotopic (exact) mass is 350 g/mol. The van der Waals surface area contributed by atoms with Crippen LogP contribution in [0.25, 0.3) is 0 Å². The first-order valence-electron chi connectivity index (χ1n) is 7.97. The Morgan fingerprint density at radius 3 is 2.88 bits per heavy atom. The van der Waals surface area contributed by atoms with E-state index in [-0.39, 0.29) is 5.82 Å². The fourth-order valence-corrected chi connectivity index (χ4v) is 2.89. The lowest BCUT2D eigenvalue weighted by molar-refractivity contribution is 0.320. The molecule has 0 aliphatic carbocycles. The van der Waals surface area contributed by atoms with Crippen LogP contribution in [0.3, 0.4) is 0 Å². The lowest BCUT2D eigenvalue weighted by Crippen LogP contribution is -2.40. The fraction of sp³-hybridized carbons (Fsp3) is 0.412. The average molecular weight is 350 g/mol. The number of rotatable bonds is 8. The Bertz CT molecular complexity index is 660. The second-order valence-corrected chi connectivity index (χ2v) is 6.26. The number of hydrogen-bond acceptors (Lipinski definition) is 4. The van der Waals surface area contributed by atoms with Gasteiger partial charge >= 0.3 is 0 Å². The van der Waals surface area contributed by atoms with E-state index >= 15 is 0 Å². The van der Waals surface area contributed by atoms with Gasteiger partial charge in [-0.05, 0) is 18.6 Å². The highest BCUT2D eigenvalue weighted by molar-refractivity contribution is 7.11. The first kappa shape index (κ1) is 18.2. The largest absolute Gasteiger partial charge is 0.492 e. The van der Waals surface area contributed by atoms with Crippen molar-refractivity contribution in [2.75, 3.05) is 26.7 Å². The van der Waals surface area contributed by atoms with E-state index in [4.69, 9.17) is 4.74 Å². The van der Waals surface area contributed by atoms with Gasteiger partial charge in [0.2, 0.25) is 0 Å². The molecule has 24 heavy (non-hydrogen) atoms. The van der Waals surface area contributed by atoms with Crippen LogP contribution in [-0.2, 0) is 12.8 Å². The third-order valence-corrected chi connectivity index (χ3v) is 4.47. The lowest BCUT2D eigenvalue weighted by atomic mass is 10.3. The van der Waals surface area contributed by atoms with Crippen LogP contribution in [0.15, 0.2) is 35.5 Å². The molecular formula is C17H23FN4OS. The summed E-state index contributed by atoms with van der Waals surface area (Å²) in [6.45, 7) is 3.90. The van der Waals surface area contributed by atoms with Crippen molar-refractivity contribution in [3.63, 3.8) is 0 Å². The average Bonchev–Trinajstić information content (AvgIpc) is 3.05. The molecule has 2 rings (SSSR count). The summed E-state index contributed by atoms with van der Waals surface area (Å²) >= 11 is 1.75. The summed E-state index contributed by atoms with van der Waals surface area (Å²) in [6, 6.07) is 6.12. The maximum absolute atomic E-state index is 13.0. The van der Waals surface area contributed by atoms with Crippen LogP contribution in [0.1, 0.15) is 16.8 Å². The van der Waals surface area contributed by atoms with E-state index in [0.717, 1.165) is 24.4 Å². The predicted molar refractivity (Wildman–Crippen MR) is 96.5 cm³/mol. The van der Waals surface area contributed by atoms with Gasteiger partial charge in [0.05, 0.1) is 11.6 Å². The molecule has 5 nitrogen and oxygen atoms in total. The number of aromatic nitrogens is 1. The van der Waals surface area contributed by atoms with E-state index in [1.807, 2.05) is 6.20 Å². The topological polar surface area (TPSA) is 58.5 Å². The molecule has 0 unspecified atom stereocenters. The van der Waals surface area contributed by atoms with Crippen molar-refractivity contribution >= 4 is 17.3 Å². The maximum Gasteiger partial charge on any atom is 0.191 e. The molecule has 1 aromatic heterocycles. The van der Waals surface area contributed by atoms with Crippen LogP contribution in [0, 0.1) is 5.82 Å². The van der Waals surface area contributed by atoms with E-state index in [2.05, 4.69) is 27.5 Å². The highest BCUT2D eigenvalue weighted by atomic mass is 32.1. The van der Waals surface area contributed by atoms with Gasteiger partial charge in [0.25, 0.3) is 0 Å². The Kier molecular flexibility index (Phi) is 7.48. The zero-order chi connectivity index (χ0) is 17.2. The summed E-state index contributed by atoms with van der Waals surface area (Å²) in [5, 5.41) is 7.53. The van der Waals surface area contributed by atoms with Gasteiger partial charge in [-0.25, -0.2) is 9.37 Å². The van der Waals surface area contributed by atoms with Gasteiger partial charge in [-0.15, -0.1) is 11.3 Å². The molecule has 0 amide bonds. The van der Waals surface area contributed by atoms with Crippen molar-refractivity contribution in [1.29, 1.82) is 0 Å². The van der Waals surface area contributed by atoms with Gasteiger partial charge in [0.15, 0.2) is 5.96 Å². The Hall–Kier alpha value is -2.15. The van der Waals surface area contributed by atoms with E-state index in [1.54, 1.807) is 30.5 Å². The SMILES string of the molecule is CCc1cnc(CCNC(=NC)NCCOc2cccc(F)c2)s1. The minimum absolute atomic E-state index is 0.300. The second kappa shape index (κ2) is 9.87. The first-order valence-corrected chi connectivity index (χ1v) is 8.79. The van der Waals surface area contributed by atoms with Crippen molar-refractivity contribution in [2.24, 2.45) is 4.99 Å². The number of ether oxygens (including phenoxy) is 1. The molecule has 0 saturated heterocycles. The molecule has 1 heterocycles. The maximum atomic E-state index is 13.0. The minimum atomic E-state index is -0.300. The van der Waals surface area contributed by atoms with Crippen molar-refractivity contribution in [1.82, 2.24) is 15.6 Å². The molecule has 0 aliphatic heterocycles. The summed E-state index contributed by atoms with van der Waals surface area (Å²) in [5.74, 6) is 0.937. The molecule has 0 aliphatic rings. The third-order valence-electron chi connectivity index (χ3n) is 3.26. The standard InChI is InChI=1S/C17H23FN4OS/c1-3-15-12-22-16(24-15)7-8-20-17(19-2)21-9-10-23-14-6-4-5-13(18)11-14/h4-6,11-12H,3,7-10H2,1-2H3,(H2,19,20,21). The number of halogens is 1. The van der Waals surface area contributed by atoms with Gasteiger partial charge < -0.3 is 15.4 Å². The fourth-order valence-electron chi connectivity index (χ4n) is 2.03. The highest BCUT2D eigenvalue weighted by Crippen LogP contribution is 2.13. The van der Waals surface area contributed by atoms with E-state index in [1.165, 1.54) is 17.0 Å². The number of hydrogen-bond donors (Lipinski definition) is 2. The summed E-state index contributed by atoms with van der Waals surface area (Å²) in [5.41, 5.74) is 0. The van der Waals surface area contributed by atoms with E-state index in [9.17, 15) is 4.39 Å². The number of nitrogens with one attached hydrogen (secondary N) is 2. The molecule has 1 aromatic carbocycles. The van der Waals surface area contributed by atoms with Gasteiger partial charge in [-0.2, -0.15) is 0 Å². The molecule has 0 spiro atoms. The predicted octanol–water partition coefficient (Wildman–Crippen LogP) is 2.63. The summed E-state index contributed by atoms with van der Waals surface area (Å²) in [7, 11) is 1.72. The minimum Gasteiger partial charge on any atom is -0.492 e. The number of benzene rings is 1. The quantitative estimate of drug-likeness (QED) is 0.437. The number of aliphatic imine (C=N–C) groups is 1. The molecule has 0 atom stereocenters. The Morgan fingerprint density at radius 2 is 2.17 bits per heavy atom. The normalized spacial score (nSPS) is 11.4. The molecular weight excluding hydrogens is 327 g/mol. The first-order chi connectivity index (χ1) is 11.7. The van der Waals surface area contributed by atoms with Crippen molar-refractivity contribution < 1.29 is 9.13 Å². The van der Waals surface area contributed by atoms with Crippen molar-refractivity contribution in [3.8, 4) is 5.75 Å². The molecule has 0 bridgehead atoms. The lowest BCUT2D eigenvalue weighted by Gasteiger charge is -2.12. The Balaban J connectivity index is 1.63. The van der Waals surface area contributed by atoms with Crippen molar-refractivity contribution in [2.45, 2.75) is 19.8 Å². The van der Waals surface area contributed by atoms with Crippen molar-refractivity contribution in [3.05, 3.63) is 46.2 Å². The number of thiazole rings is 1. The number of aryl methyl sites for hydroxylation is 1. The van der Waals surface area contributed by atoms with Crippen LogP contribution in [-0.4, -0.2) is 37.7 Å². The molecule has 2 N–H and O–H groups in total. The zero-order valence-corrected chi connectivity index (χ0v) is 14.8. The number of nitrogens with zero attached hydrogens (tertiary/aromatic N) is 2. The van der Waals surface area contributed by atoms with Crippen LogP contribution in [0.2, 0.25) is 0 Å². The van der Waals surface area contributed by atoms with E-state index < -0.39 is 0 Å². The zero-order valence-electron chi connectivity index (χ0n) is 14.0. The van der Waals surface area contributed by atoms with Crippen LogP contribution in [0.5, 0.6) is 5.75 Å². The van der Waals surface area contributed by atoms with E-state index in [0.29, 0.717) is 24.9 Å². The van der Waals surface area contributed by atoms with Gasteiger partial charge in [-0.1, -0.05) is 13.0 Å². The Labute approximate surface area is 146 Å². The molecule has 2 aromatic rings. The smallest absolute Gasteiger partial charge is 0.191 e. The summed E-state index contributed by atoms with van der Waals surface area (Å²) in [6.07, 6.45) is 3.83. The summed E-state index contributed by atoms with van der Waals surface area (Å²) in [4.78, 5) is 9.86. The highest BCUT2D eigenvalue weighted by Gasteiger charge is 2.02. The second-order valence-electron chi connectivity index (χ2n) is 5.06. The van der Waals surface area contributed by atoms with Gasteiger partial charge in [0, 0.05) is 37.2 Å². The molecule has 130 valence electrons. The molecule has 0 radical (unpaired) electrons. The summed E-state index contributed by atoms with van der Waals surface area (Å²) < 4.78 is 18.5. The number of guanidine groups is 1. The molecule has 7 heteroatoms. The van der Waals surface area contributed by atoms with Gasteiger partial charge in [0.1, 0.15) is 18.2 Å². The van der Waals surface area contributed by atoms with Crippen LogP contribution < -0.4 is 15.4 Å². The van der Waals surface area contributed by atoms with Crippen LogP contribution in [0.4, 0.5) is 4.39 Å². The molecule has 0 fully saturated rings. The third kappa shape index (κ3) is 6.16. The van der Waals surface area contributed by atoms with Gasteiger partial charge in [-0.3, -0.25) is 4.99 Å².